The Labute approximate surface area is 185 Å². The third-order valence-corrected chi connectivity index (χ3v) is 7.58. The first-order chi connectivity index (χ1) is 14.5. The van der Waals surface area contributed by atoms with Crippen LogP contribution < -0.4 is 9.04 Å². The second kappa shape index (κ2) is 8.70. The van der Waals surface area contributed by atoms with Gasteiger partial charge in [0.2, 0.25) is 0 Å². The van der Waals surface area contributed by atoms with Gasteiger partial charge in [-0.1, -0.05) is 11.6 Å². The Kier molecular flexibility index (Phi) is 6.40. The molecule has 0 saturated carbocycles. The van der Waals surface area contributed by atoms with Crippen molar-refractivity contribution in [1.82, 2.24) is 0 Å². The summed E-state index contributed by atoms with van der Waals surface area (Å²) < 4.78 is 54.9. The number of carbonyl (C=O) groups is 1. The van der Waals surface area contributed by atoms with Crippen LogP contribution in [0.3, 0.4) is 0 Å². The van der Waals surface area contributed by atoms with Crippen LogP contribution in [0.5, 0.6) is 5.75 Å². The zero-order chi connectivity index (χ0) is 22.8. The molecule has 0 aliphatic carbocycles. The van der Waals surface area contributed by atoms with Gasteiger partial charge in [-0.25, -0.2) is 21.6 Å². The first-order valence-electron chi connectivity index (χ1n) is 8.85. The van der Waals surface area contributed by atoms with E-state index in [1.54, 1.807) is 0 Å². The molecule has 31 heavy (non-hydrogen) atoms. The quantitative estimate of drug-likeness (QED) is 0.394. The predicted octanol–water partition coefficient (Wildman–Crippen LogP) is 3.79. The molecule has 0 N–H and O–H groups in total. The fourth-order valence-corrected chi connectivity index (χ4v) is 4.58. The molecule has 0 radical (unpaired) electrons. The third-order valence-electron chi connectivity index (χ3n) is 4.40. The van der Waals surface area contributed by atoms with Crippen molar-refractivity contribution in [3.8, 4) is 5.75 Å². The molecule has 3 rings (SSSR count). The number of benzene rings is 3. The molecule has 0 aromatic heterocycles. The van der Waals surface area contributed by atoms with Gasteiger partial charge < -0.3 is 4.74 Å². The highest BCUT2D eigenvalue weighted by molar-refractivity contribution is 7.92. The Balaban J connectivity index is 1.73. The fraction of sp³-hybridized carbons (Fsp3) is 0.0952. The van der Waals surface area contributed by atoms with Gasteiger partial charge in [0.05, 0.1) is 21.0 Å². The van der Waals surface area contributed by atoms with Gasteiger partial charge in [0.15, 0.2) is 9.84 Å². The van der Waals surface area contributed by atoms with E-state index >= 15 is 0 Å². The van der Waals surface area contributed by atoms with E-state index in [1.807, 2.05) is 0 Å². The summed E-state index contributed by atoms with van der Waals surface area (Å²) in [6, 6.07) is 17.1. The van der Waals surface area contributed by atoms with Crippen molar-refractivity contribution in [1.29, 1.82) is 0 Å². The molecule has 0 bridgehead atoms. The Bertz CT molecular complexity index is 1300. The molecule has 7 nitrogen and oxygen atoms in total. The minimum absolute atomic E-state index is 0.0902. The van der Waals surface area contributed by atoms with Crippen LogP contribution in [0.15, 0.2) is 82.6 Å². The van der Waals surface area contributed by atoms with Crippen LogP contribution in [0.2, 0.25) is 5.02 Å². The molecule has 3 aromatic carbocycles. The summed E-state index contributed by atoms with van der Waals surface area (Å²) in [6.45, 7) is 0. The number of sulfonamides is 1. The Morgan fingerprint density at radius 1 is 0.806 bits per heavy atom. The SMILES string of the molecule is CN(c1ccc(OC(=O)c2ccc(S(C)(=O)=O)cc2)cc1)S(=O)(=O)c1ccc(Cl)cc1. The second-order valence-corrected chi connectivity index (χ2v) is 11.0. The molecule has 0 heterocycles. The monoisotopic (exact) mass is 479 g/mol. The van der Waals surface area contributed by atoms with Gasteiger partial charge in [-0.05, 0) is 72.8 Å². The first-order valence-corrected chi connectivity index (χ1v) is 12.6. The average molecular weight is 480 g/mol. The van der Waals surface area contributed by atoms with Crippen molar-refractivity contribution >= 4 is 43.1 Å². The molecule has 0 spiro atoms. The van der Waals surface area contributed by atoms with Crippen LogP contribution in [0, 0.1) is 0 Å². The van der Waals surface area contributed by atoms with E-state index in [1.165, 1.54) is 79.8 Å². The number of rotatable bonds is 6. The normalized spacial score (nSPS) is 11.7. The van der Waals surface area contributed by atoms with Crippen molar-refractivity contribution < 1.29 is 26.4 Å². The number of esters is 1. The second-order valence-electron chi connectivity index (χ2n) is 6.61. The predicted molar refractivity (Wildman–Crippen MR) is 118 cm³/mol. The van der Waals surface area contributed by atoms with E-state index in [0.717, 1.165) is 10.6 Å². The van der Waals surface area contributed by atoms with Crippen molar-refractivity contribution in [3.05, 3.63) is 83.4 Å². The topological polar surface area (TPSA) is 97.8 Å². The summed E-state index contributed by atoms with van der Waals surface area (Å²) in [5.74, 6) is -0.465. The Morgan fingerprint density at radius 3 is 1.84 bits per heavy atom. The van der Waals surface area contributed by atoms with Gasteiger partial charge in [-0.2, -0.15) is 0 Å². The van der Waals surface area contributed by atoms with Crippen molar-refractivity contribution in [2.75, 3.05) is 17.6 Å². The van der Waals surface area contributed by atoms with E-state index in [4.69, 9.17) is 16.3 Å². The van der Waals surface area contributed by atoms with E-state index < -0.39 is 25.8 Å². The number of halogens is 1. The van der Waals surface area contributed by atoms with Crippen LogP contribution >= 0.6 is 11.6 Å². The lowest BCUT2D eigenvalue weighted by Gasteiger charge is -2.19. The minimum Gasteiger partial charge on any atom is -0.423 e. The van der Waals surface area contributed by atoms with Gasteiger partial charge in [0.25, 0.3) is 10.0 Å². The van der Waals surface area contributed by atoms with Gasteiger partial charge in [-0.3, -0.25) is 4.31 Å². The molecular formula is C21H18ClNO6S2. The number of nitrogens with zero attached hydrogens (tertiary/aromatic N) is 1. The summed E-state index contributed by atoms with van der Waals surface area (Å²) in [5.41, 5.74) is 0.547. The number of carbonyl (C=O) groups excluding carboxylic acids is 1. The molecule has 3 aromatic rings. The van der Waals surface area contributed by atoms with Crippen molar-refractivity contribution in [2.45, 2.75) is 9.79 Å². The van der Waals surface area contributed by atoms with Crippen molar-refractivity contribution in [3.63, 3.8) is 0 Å². The molecule has 0 saturated heterocycles. The summed E-state index contributed by atoms with van der Waals surface area (Å²) >= 11 is 5.81. The van der Waals surface area contributed by atoms with E-state index in [0.29, 0.717) is 10.7 Å². The standard InChI is InChI=1S/C21H18ClNO6S2/c1-23(31(27,28)20-13-5-16(22)6-14-20)17-7-9-18(10-8-17)29-21(24)15-3-11-19(12-4-15)30(2,25)26/h3-14H,1-2H3. The molecule has 0 amide bonds. The first kappa shape index (κ1) is 22.8. The lowest BCUT2D eigenvalue weighted by molar-refractivity contribution is 0.0734. The van der Waals surface area contributed by atoms with E-state index in [9.17, 15) is 21.6 Å². The smallest absolute Gasteiger partial charge is 0.343 e. The Hall–Kier alpha value is -2.88. The number of sulfone groups is 1. The van der Waals surface area contributed by atoms with Gasteiger partial charge >= 0.3 is 5.97 Å². The summed E-state index contributed by atoms with van der Waals surface area (Å²) in [4.78, 5) is 12.5. The molecule has 162 valence electrons. The van der Waals surface area contributed by atoms with Crippen LogP contribution in [-0.4, -0.2) is 36.1 Å². The maximum absolute atomic E-state index is 12.7. The van der Waals surface area contributed by atoms with Crippen LogP contribution in [0.4, 0.5) is 5.69 Å². The summed E-state index contributed by atoms with van der Waals surface area (Å²) in [7, 11) is -5.74. The highest BCUT2D eigenvalue weighted by atomic mass is 35.5. The highest BCUT2D eigenvalue weighted by Gasteiger charge is 2.21. The Morgan fingerprint density at radius 2 is 1.32 bits per heavy atom. The van der Waals surface area contributed by atoms with Crippen LogP contribution in [0.25, 0.3) is 0 Å². The number of anilines is 1. The van der Waals surface area contributed by atoms with Crippen LogP contribution in [-0.2, 0) is 19.9 Å². The lowest BCUT2D eigenvalue weighted by atomic mass is 10.2. The molecule has 0 unspecified atom stereocenters. The molecule has 0 fully saturated rings. The molecule has 0 aliphatic heterocycles. The van der Waals surface area contributed by atoms with Gasteiger partial charge in [0, 0.05) is 18.3 Å². The number of ether oxygens (including phenoxy) is 1. The van der Waals surface area contributed by atoms with Crippen LogP contribution in [0.1, 0.15) is 10.4 Å². The van der Waals surface area contributed by atoms with Gasteiger partial charge in [-0.15, -0.1) is 0 Å². The summed E-state index contributed by atoms with van der Waals surface area (Å²) in [5, 5.41) is 0.429. The molecular weight excluding hydrogens is 462 g/mol. The maximum Gasteiger partial charge on any atom is 0.343 e. The summed E-state index contributed by atoms with van der Waals surface area (Å²) in [6.07, 6.45) is 1.08. The minimum atomic E-state index is -3.79. The maximum atomic E-state index is 12.7. The zero-order valence-electron chi connectivity index (χ0n) is 16.5. The molecule has 0 atom stereocenters. The highest BCUT2D eigenvalue weighted by Crippen LogP contribution is 2.25. The lowest BCUT2D eigenvalue weighted by Crippen LogP contribution is -2.26. The fourth-order valence-electron chi connectivity index (χ4n) is 2.63. The third kappa shape index (κ3) is 5.25. The zero-order valence-corrected chi connectivity index (χ0v) is 18.9. The molecule has 0 aliphatic rings. The van der Waals surface area contributed by atoms with E-state index in [-0.39, 0.29) is 21.1 Å². The number of hydrogen-bond acceptors (Lipinski definition) is 6. The van der Waals surface area contributed by atoms with E-state index in [2.05, 4.69) is 0 Å². The molecule has 10 heteroatoms. The van der Waals surface area contributed by atoms with Gasteiger partial charge in [0.1, 0.15) is 5.75 Å². The number of hydrogen-bond donors (Lipinski definition) is 0. The van der Waals surface area contributed by atoms with Crippen molar-refractivity contribution in [2.24, 2.45) is 0 Å². The largest absolute Gasteiger partial charge is 0.423 e. The average Bonchev–Trinajstić information content (AvgIpc) is 2.73.